The number of aromatic nitrogens is 4. The lowest BCUT2D eigenvalue weighted by atomic mass is 10.0. The molecule has 9 heteroatoms. The molecule has 1 aromatic carbocycles. The molecule has 2 atom stereocenters. The number of amides is 2. The number of hydrogen-bond acceptors (Lipinski definition) is 5. The van der Waals surface area contributed by atoms with E-state index in [1.165, 1.54) is 12.1 Å². The van der Waals surface area contributed by atoms with Gasteiger partial charge in [-0.3, -0.25) is 0 Å². The van der Waals surface area contributed by atoms with Gasteiger partial charge in [-0.15, -0.1) is 0 Å². The first-order chi connectivity index (χ1) is 13.6. The summed E-state index contributed by atoms with van der Waals surface area (Å²) in [7, 11) is 1.92. The highest BCUT2D eigenvalue weighted by atomic mass is 19.1. The number of hydrogen-bond donors (Lipinski definition) is 1. The van der Waals surface area contributed by atoms with Crippen molar-refractivity contribution in [3.05, 3.63) is 42.7 Å². The van der Waals surface area contributed by atoms with Crippen molar-refractivity contribution in [3.8, 4) is 0 Å². The molecule has 0 radical (unpaired) electrons. The van der Waals surface area contributed by atoms with Crippen molar-refractivity contribution < 1.29 is 9.18 Å². The van der Waals surface area contributed by atoms with Crippen LogP contribution in [0, 0.1) is 17.7 Å². The van der Waals surface area contributed by atoms with Gasteiger partial charge in [0.05, 0.1) is 6.33 Å². The molecule has 28 heavy (non-hydrogen) atoms. The highest BCUT2D eigenvalue weighted by molar-refractivity contribution is 5.89. The standard InChI is InChI=1S/C19H20FN7O/c1-25-11-23-16-17(25)21-10-22-18(16)26-6-12-8-27(9-13(12)7-26)19(28)24-15-4-2-14(20)3-5-15/h2-5,10-13H,6-9H2,1H3,(H,24,28). The molecular weight excluding hydrogens is 361 g/mol. The lowest BCUT2D eigenvalue weighted by Gasteiger charge is -2.22. The number of carbonyl (C=O) groups excluding carboxylic acids is 1. The van der Waals surface area contributed by atoms with Crippen molar-refractivity contribution >= 4 is 28.7 Å². The maximum Gasteiger partial charge on any atom is 0.321 e. The molecule has 4 heterocycles. The van der Waals surface area contributed by atoms with Gasteiger partial charge >= 0.3 is 6.03 Å². The molecular formula is C19H20FN7O. The minimum atomic E-state index is -0.319. The molecule has 2 saturated heterocycles. The monoisotopic (exact) mass is 381 g/mol. The number of rotatable bonds is 2. The Morgan fingerprint density at radius 3 is 2.50 bits per heavy atom. The molecule has 2 aliphatic heterocycles. The lowest BCUT2D eigenvalue weighted by Crippen LogP contribution is -2.36. The molecule has 0 bridgehead atoms. The Morgan fingerprint density at radius 2 is 1.79 bits per heavy atom. The fourth-order valence-electron chi connectivity index (χ4n) is 4.23. The number of nitrogens with one attached hydrogen (secondary N) is 1. The van der Waals surface area contributed by atoms with Gasteiger partial charge in [-0.1, -0.05) is 0 Å². The van der Waals surface area contributed by atoms with E-state index in [1.54, 1.807) is 24.8 Å². The number of nitrogens with zero attached hydrogens (tertiary/aromatic N) is 6. The number of fused-ring (bicyclic) bond motifs is 2. The predicted molar refractivity (Wildman–Crippen MR) is 102 cm³/mol. The molecule has 0 saturated carbocycles. The summed E-state index contributed by atoms with van der Waals surface area (Å²) in [5.74, 6) is 1.34. The van der Waals surface area contributed by atoms with Crippen molar-refractivity contribution in [3.63, 3.8) is 0 Å². The minimum absolute atomic E-state index is 0.137. The Kier molecular flexibility index (Phi) is 3.88. The third kappa shape index (κ3) is 2.83. The van der Waals surface area contributed by atoms with Crippen LogP contribution in [0.15, 0.2) is 36.9 Å². The quantitative estimate of drug-likeness (QED) is 0.736. The molecule has 1 N–H and O–H groups in total. The Balaban J connectivity index is 1.26. The Hall–Kier alpha value is -3.23. The van der Waals surface area contributed by atoms with Crippen LogP contribution in [0.5, 0.6) is 0 Å². The Bertz CT molecular complexity index is 1020. The first kappa shape index (κ1) is 16.9. The fourth-order valence-corrected chi connectivity index (χ4v) is 4.23. The second-order valence-electron chi connectivity index (χ2n) is 7.49. The first-order valence-electron chi connectivity index (χ1n) is 9.27. The van der Waals surface area contributed by atoms with E-state index in [0.717, 1.165) is 30.1 Å². The molecule has 0 aliphatic carbocycles. The lowest BCUT2D eigenvalue weighted by molar-refractivity contribution is 0.219. The van der Waals surface area contributed by atoms with Crippen LogP contribution < -0.4 is 10.2 Å². The zero-order valence-corrected chi connectivity index (χ0v) is 15.4. The zero-order chi connectivity index (χ0) is 19.3. The van der Waals surface area contributed by atoms with Gasteiger partial charge < -0.3 is 19.7 Å². The number of halogens is 1. The number of aryl methyl sites for hydroxylation is 1. The van der Waals surface area contributed by atoms with Crippen LogP contribution in [-0.4, -0.2) is 56.6 Å². The van der Waals surface area contributed by atoms with E-state index in [0.29, 0.717) is 30.6 Å². The number of benzene rings is 1. The normalized spacial score (nSPS) is 21.4. The summed E-state index contributed by atoms with van der Waals surface area (Å²) < 4.78 is 14.9. The summed E-state index contributed by atoms with van der Waals surface area (Å²) in [5, 5.41) is 2.84. The second kappa shape index (κ2) is 6.43. The van der Waals surface area contributed by atoms with Gasteiger partial charge in [0, 0.05) is 50.7 Å². The fraction of sp³-hybridized carbons (Fsp3) is 0.368. The van der Waals surface area contributed by atoms with E-state index in [4.69, 9.17) is 0 Å². The molecule has 3 aromatic rings. The first-order valence-corrected chi connectivity index (χ1v) is 9.27. The average molecular weight is 381 g/mol. The molecule has 144 valence electrons. The van der Waals surface area contributed by atoms with Crippen molar-refractivity contribution in [2.45, 2.75) is 0 Å². The minimum Gasteiger partial charge on any atom is -0.354 e. The van der Waals surface area contributed by atoms with Gasteiger partial charge in [0.15, 0.2) is 17.0 Å². The zero-order valence-electron chi connectivity index (χ0n) is 15.4. The van der Waals surface area contributed by atoms with Gasteiger partial charge in [-0.25, -0.2) is 24.1 Å². The van der Waals surface area contributed by atoms with E-state index in [-0.39, 0.29) is 11.8 Å². The van der Waals surface area contributed by atoms with Crippen LogP contribution in [0.1, 0.15) is 0 Å². The van der Waals surface area contributed by atoms with Crippen LogP contribution in [0.25, 0.3) is 11.2 Å². The van der Waals surface area contributed by atoms with E-state index in [9.17, 15) is 9.18 Å². The predicted octanol–water partition coefficient (Wildman–Crippen LogP) is 2.10. The molecule has 2 aromatic heterocycles. The molecule has 2 amide bonds. The van der Waals surface area contributed by atoms with Crippen molar-refractivity contribution in [2.75, 3.05) is 36.4 Å². The molecule has 2 fully saturated rings. The van der Waals surface area contributed by atoms with Crippen LogP contribution in [0.4, 0.5) is 20.7 Å². The largest absolute Gasteiger partial charge is 0.354 e. The summed E-state index contributed by atoms with van der Waals surface area (Å²) in [5.41, 5.74) is 2.24. The van der Waals surface area contributed by atoms with E-state index < -0.39 is 0 Å². The number of imidazole rings is 1. The molecule has 2 unspecified atom stereocenters. The van der Waals surface area contributed by atoms with Gasteiger partial charge in [-0.05, 0) is 24.3 Å². The number of anilines is 2. The van der Waals surface area contributed by atoms with E-state index >= 15 is 0 Å². The van der Waals surface area contributed by atoms with Crippen LogP contribution in [0.3, 0.4) is 0 Å². The molecule has 2 aliphatic rings. The summed E-state index contributed by atoms with van der Waals surface area (Å²) in [4.78, 5) is 29.8. The number of carbonyl (C=O) groups is 1. The van der Waals surface area contributed by atoms with Crippen molar-refractivity contribution in [1.29, 1.82) is 0 Å². The number of urea groups is 1. The van der Waals surface area contributed by atoms with Crippen molar-refractivity contribution in [1.82, 2.24) is 24.4 Å². The molecule has 0 spiro atoms. The van der Waals surface area contributed by atoms with Gasteiger partial charge in [-0.2, -0.15) is 0 Å². The molecule has 8 nitrogen and oxygen atoms in total. The average Bonchev–Trinajstić information content (AvgIpc) is 3.37. The Labute approximate surface area is 161 Å². The summed E-state index contributed by atoms with van der Waals surface area (Å²) >= 11 is 0. The maximum atomic E-state index is 13.0. The maximum absolute atomic E-state index is 13.0. The smallest absolute Gasteiger partial charge is 0.321 e. The summed E-state index contributed by atoms with van der Waals surface area (Å²) in [6, 6.07) is 5.68. The van der Waals surface area contributed by atoms with Crippen molar-refractivity contribution in [2.24, 2.45) is 18.9 Å². The highest BCUT2D eigenvalue weighted by Crippen LogP contribution is 2.35. The Morgan fingerprint density at radius 1 is 1.07 bits per heavy atom. The molecule has 5 rings (SSSR count). The topological polar surface area (TPSA) is 79.2 Å². The van der Waals surface area contributed by atoms with E-state index in [2.05, 4.69) is 25.2 Å². The summed E-state index contributed by atoms with van der Waals surface area (Å²) in [6.07, 6.45) is 3.33. The second-order valence-corrected chi connectivity index (χ2v) is 7.49. The highest BCUT2D eigenvalue weighted by Gasteiger charge is 2.42. The van der Waals surface area contributed by atoms with Crippen LogP contribution >= 0.6 is 0 Å². The SMILES string of the molecule is Cn1cnc2c(N3CC4CN(C(=O)Nc5ccc(F)cc5)CC4C3)ncnc21. The van der Waals surface area contributed by atoms with Crippen LogP contribution in [-0.2, 0) is 7.05 Å². The van der Waals surface area contributed by atoms with E-state index in [1.807, 2.05) is 16.5 Å². The third-order valence-corrected chi connectivity index (χ3v) is 5.65. The number of likely N-dealkylation sites (tertiary alicyclic amines) is 1. The third-order valence-electron chi connectivity index (χ3n) is 5.65. The van der Waals surface area contributed by atoms with Crippen LogP contribution in [0.2, 0.25) is 0 Å². The van der Waals surface area contributed by atoms with Gasteiger partial charge in [0.2, 0.25) is 0 Å². The van der Waals surface area contributed by atoms with Gasteiger partial charge in [0.25, 0.3) is 0 Å². The van der Waals surface area contributed by atoms with Gasteiger partial charge in [0.1, 0.15) is 12.1 Å². The summed E-state index contributed by atoms with van der Waals surface area (Å²) in [6.45, 7) is 3.08.